The number of nitrogens with zero attached hydrogens (tertiary/aromatic N) is 2. The molecule has 1 aliphatic carbocycles. The fourth-order valence-corrected chi connectivity index (χ4v) is 8.98. The van der Waals surface area contributed by atoms with Gasteiger partial charge in [-0.3, -0.25) is 0 Å². The Morgan fingerprint density at radius 2 is 1.51 bits per heavy atom. The van der Waals surface area contributed by atoms with E-state index in [0.29, 0.717) is 11.3 Å². The molecule has 5 aromatic rings. The number of alkyl halides is 3. The Hall–Kier alpha value is -3.67. The van der Waals surface area contributed by atoms with Crippen molar-refractivity contribution in [2.75, 3.05) is 4.90 Å². The second-order valence-electron chi connectivity index (χ2n) is 12.3. The molecule has 4 aromatic carbocycles. The van der Waals surface area contributed by atoms with Crippen LogP contribution in [0, 0.1) is 0 Å². The van der Waals surface area contributed by atoms with Gasteiger partial charge in [-0.15, -0.1) is 0 Å². The van der Waals surface area contributed by atoms with Crippen molar-refractivity contribution < 1.29 is 13.2 Å². The Bertz CT molecular complexity index is 1920. The third-order valence-corrected chi connectivity index (χ3v) is 10.7. The van der Waals surface area contributed by atoms with Crippen LogP contribution in [0.1, 0.15) is 50.7 Å². The zero-order valence-electron chi connectivity index (χ0n) is 21.9. The summed E-state index contributed by atoms with van der Waals surface area (Å²) in [6, 6.07) is 24.5. The highest BCUT2D eigenvalue weighted by Gasteiger charge is 2.63. The van der Waals surface area contributed by atoms with Gasteiger partial charge in [-0.1, -0.05) is 74.4 Å². The van der Waals surface area contributed by atoms with Gasteiger partial charge < -0.3 is 9.47 Å². The summed E-state index contributed by atoms with van der Waals surface area (Å²) in [7, 11) is 0. The van der Waals surface area contributed by atoms with Gasteiger partial charge in [-0.05, 0) is 59.9 Å². The molecule has 0 saturated heterocycles. The number of rotatable bonds is 0. The highest BCUT2D eigenvalue weighted by atomic mass is 19.4. The molecule has 1 fully saturated rings. The molecule has 39 heavy (non-hydrogen) atoms. The minimum absolute atomic E-state index is 0.114. The largest absolute Gasteiger partial charge is 0.416 e. The van der Waals surface area contributed by atoms with E-state index in [4.69, 9.17) is 0 Å². The topological polar surface area (TPSA) is 8.17 Å². The standard InChI is InChI=1S/C33H26BF3N2/c1-31-16-7-8-17-32(31,2)39-25-15-6-4-12-22(25)34-23-13-9-11-20-19-10-3-5-14-24(19)38(29(20)23)26-18-21(33(35,36)37)27(31)30(39)28(26)34/h3-6,9-15,18H,7-8,16-17H2,1-2H3. The molecule has 2 nitrogen and oxygen atoms in total. The van der Waals surface area contributed by atoms with Crippen LogP contribution in [0.5, 0.6) is 0 Å². The number of anilines is 2. The molecule has 0 spiro atoms. The quantitative estimate of drug-likeness (QED) is 0.204. The lowest BCUT2D eigenvalue weighted by molar-refractivity contribution is -0.138. The second kappa shape index (κ2) is 6.72. The first-order valence-corrected chi connectivity index (χ1v) is 14.0. The average Bonchev–Trinajstić information content (AvgIpc) is 3.37. The summed E-state index contributed by atoms with van der Waals surface area (Å²) in [6.07, 6.45) is -0.850. The van der Waals surface area contributed by atoms with Gasteiger partial charge >= 0.3 is 6.18 Å². The number of fused-ring (bicyclic) bond motifs is 11. The zero-order valence-corrected chi connectivity index (χ0v) is 21.9. The summed E-state index contributed by atoms with van der Waals surface area (Å²) >= 11 is 0. The van der Waals surface area contributed by atoms with E-state index in [-0.39, 0.29) is 6.71 Å². The highest BCUT2D eigenvalue weighted by Crippen LogP contribution is 2.63. The van der Waals surface area contributed by atoms with E-state index in [0.717, 1.165) is 64.3 Å². The highest BCUT2D eigenvalue weighted by molar-refractivity contribution is 7.00. The Kier molecular flexibility index (Phi) is 3.82. The van der Waals surface area contributed by atoms with Gasteiger partial charge in [0.15, 0.2) is 0 Å². The monoisotopic (exact) mass is 518 g/mol. The lowest BCUT2D eigenvalue weighted by Crippen LogP contribution is -2.63. The fraction of sp³-hybridized carbons (Fsp3) is 0.273. The van der Waals surface area contributed by atoms with Gasteiger partial charge in [0.1, 0.15) is 0 Å². The Morgan fingerprint density at radius 3 is 2.36 bits per heavy atom. The number of halogens is 3. The number of para-hydroxylation sites is 3. The lowest BCUT2D eigenvalue weighted by atomic mass is 9.33. The van der Waals surface area contributed by atoms with Gasteiger partial charge in [0.25, 0.3) is 6.71 Å². The lowest BCUT2D eigenvalue weighted by Gasteiger charge is -2.52. The van der Waals surface area contributed by atoms with E-state index in [1.165, 1.54) is 17.0 Å². The molecule has 0 radical (unpaired) electrons. The van der Waals surface area contributed by atoms with Crippen LogP contribution in [0.4, 0.5) is 24.5 Å². The molecule has 0 N–H and O–H groups in total. The molecule has 6 heteroatoms. The summed E-state index contributed by atoms with van der Waals surface area (Å²) in [5.41, 5.74) is 6.97. The van der Waals surface area contributed by atoms with E-state index >= 15 is 13.2 Å². The molecule has 2 atom stereocenters. The van der Waals surface area contributed by atoms with Crippen LogP contribution in [0.2, 0.25) is 0 Å². The average molecular weight is 518 g/mol. The zero-order chi connectivity index (χ0) is 26.5. The summed E-state index contributed by atoms with van der Waals surface area (Å²) in [5.74, 6) is 0. The van der Waals surface area contributed by atoms with Crippen molar-refractivity contribution in [3.63, 3.8) is 0 Å². The summed E-state index contributed by atoms with van der Waals surface area (Å²) in [6.45, 7) is 4.21. The molecule has 4 heterocycles. The Labute approximate surface area is 225 Å². The minimum atomic E-state index is -4.45. The Balaban J connectivity index is 1.56. The first-order chi connectivity index (χ1) is 18.8. The predicted octanol–water partition coefficient (Wildman–Crippen LogP) is 6.69. The van der Waals surface area contributed by atoms with Crippen molar-refractivity contribution >= 4 is 56.3 Å². The van der Waals surface area contributed by atoms with Crippen LogP contribution in [0.3, 0.4) is 0 Å². The van der Waals surface area contributed by atoms with Crippen LogP contribution in [0.25, 0.3) is 27.5 Å². The van der Waals surface area contributed by atoms with Gasteiger partial charge in [0, 0.05) is 38.8 Å². The Morgan fingerprint density at radius 1 is 0.795 bits per heavy atom. The predicted molar refractivity (Wildman–Crippen MR) is 153 cm³/mol. The third-order valence-electron chi connectivity index (χ3n) is 10.7. The van der Waals surface area contributed by atoms with Crippen molar-refractivity contribution in [1.82, 2.24) is 4.57 Å². The molecule has 9 rings (SSSR count). The molecule has 1 saturated carbocycles. The molecule has 1 aromatic heterocycles. The van der Waals surface area contributed by atoms with Crippen LogP contribution >= 0.6 is 0 Å². The van der Waals surface area contributed by atoms with Crippen molar-refractivity contribution in [3.05, 3.63) is 83.9 Å². The molecule has 0 amide bonds. The van der Waals surface area contributed by atoms with Crippen LogP contribution in [-0.2, 0) is 11.6 Å². The van der Waals surface area contributed by atoms with Crippen molar-refractivity contribution in [2.24, 2.45) is 0 Å². The van der Waals surface area contributed by atoms with Gasteiger partial charge in [0.2, 0.25) is 0 Å². The number of benzene rings is 4. The van der Waals surface area contributed by atoms with E-state index in [9.17, 15) is 0 Å². The van der Waals surface area contributed by atoms with Crippen molar-refractivity contribution in [3.8, 4) is 5.69 Å². The van der Waals surface area contributed by atoms with Gasteiger partial charge in [-0.2, -0.15) is 13.2 Å². The maximum Gasteiger partial charge on any atom is 0.416 e. The molecular formula is C33H26BF3N2. The first-order valence-electron chi connectivity index (χ1n) is 14.0. The summed E-state index contributed by atoms with van der Waals surface area (Å²) in [5, 5.41) is 2.17. The van der Waals surface area contributed by atoms with Gasteiger partial charge in [0.05, 0.1) is 16.6 Å². The maximum absolute atomic E-state index is 15.2. The summed E-state index contributed by atoms with van der Waals surface area (Å²) < 4.78 is 47.7. The fourth-order valence-electron chi connectivity index (χ4n) is 8.98. The molecular weight excluding hydrogens is 492 g/mol. The van der Waals surface area contributed by atoms with E-state index in [1.807, 2.05) is 24.3 Å². The number of hydrogen-bond acceptors (Lipinski definition) is 1. The minimum Gasteiger partial charge on any atom is -0.335 e. The smallest absolute Gasteiger partial charge is 0.335 e. The second-order valence-corrected chi connectivity index (χ2v) is 12.3. The molecule has 3 aliphatic heterocycles. The maximum atomic E-state index is 15.2. The van der Waals surface area contributed by atoms with Crippen LogP contribution in [-0.4, -0.2) is 16.8 Å². The third kappa shape index (κ3) is 2.32. The first kappa shape index (κ1) is 22.2. The normalized spacial score (nSPS) is 24.2. The van der Waals surface area contributed by atoms with E-state index in [1.54, 1.807) is 0 Å². The van der Waals surface area contributed by atoms with Crippen LogP contribution < -0.4 is 21.3 Å². The van der Waals surface area contributed by atoms with Gasteiger partial charge in [-0.25, -0.2) is 0 Å². The van der Waals surface area contributed by atoms with E-state index in [2.05, 4.69) is 65.8 Å². The molecule has 4 aliphatic rings. The van der Waals surface area contributed by atoms with Crippen molar-refractivity contribution in [1.29, 1.82) is 0 Å². The van der Waals surface area contributed by atoms with Crippen LogP contribution in [0.15, 0.2) is 72.8 Å². The summed E-state index contributed by atoms with van der Waals surface area (Å²) in [4.78, 5) is 2.35. The number of aromatic nitrogens is 1. The SMILES string of the molecule is CC12CCCCC1(C)N1c3ccccc3B3c4c(cc(C(F)(F)F)c2c41)-n1c2ccccc2c2cccc3c21. The molecule has 0 bridgehead atoms. The van der Waals surface area contributed by atoms with Crippen molar-refractivity contribution in [2.45, 2.75) is 56.7 Å². The molecule has 192 valence electrons. The molecule has 2 unspecified atom stereocenters. The number of hydrogen-bond donors (Lipinski definition) is 0. The van der Waals surface area contributed by atoms with E-state index < -0.39 is 22.7 Å².